The molecule has 1 atom stereocenters. The van der Waals surface area contributed by atoms with Gasteiger partial charge in [-0.05, 0) is 71.2 Å². The zero-order valence-corrected chi connectivity index (χ0v) is 13.5. The second kappa shape index (κ2) is 7.21. The van der Waals surface area contributed by atoms with Crippen molar-refractivity contribution in [3.63, 3.8) is 0 Å². The van der Waals surface area contributed by atoms with Crippen molar-refractivity contribution in [2.75, 3.05) is 7.05 Å². The first-order chi connectivity index (χ1) is 9.58. The number of likely N-dealkylation sites (N-methyl/N-ethyl adjacent to an activating group) is 1. The van der Waals surface area contributed by atoms with E-state index in [0.717, 1.165) is 23.4 Å². The fraction of sp³-hybridized carbons (Fsp3) is 0.250. The van der Waals surface area contributed by atoms with Crippen LogP contribution in [0, 0.1) is 5.82 Å². The summed E-state index contributed by atoms with van der Waals surface area (Å²) in [6.07, 6.45) is 1.75. The van der Waals surface area contributed by atoms with Crippen LogP contribution in [-0.2, 0) is 12.8 Å². The monoisotopic (exact) mass is 355 g/mol. The van der Waals surface area contributed by atoms with Crippen LogP contribution in [-0.4, -0.2) is 13.1 Å². The highest BCUT2D eigenvalue weighted by atomic mass is 79.9. The van der Waals surface area contributed by atoms with E-state index in [-0.39, 0.29) is 5.82 Å². The molecule has 2 rings (SSSR count). The van der Waals surface area contributed by atoms with Crippen LogP contribution in [0.4, 0.5) is 4.39 Å². The largest absolute Gasteiger partial charge is 0.316 e. The van der Waals surface area contributed by atoms with Gasteiger partial charge in [0.15, 0.2) is 0 Å². The minimum atomic E-state index is -0.229. The highest BCUT2D eigenvalue weighted by Crippen LogP contribution is 2.19. The minimum Gasteiger partial charge on any atom is -0.316 e. The molecule has 0 radical (unpaired) electrons. The molecule has 2 aromatic rings. The molecule has 0 heterocycles. The lowest BCUT2D eigenvalue weighted by Gasteiger charge is -2.16. The molecule has 0 saturated carbocycles. The summed E-state index contributed by atoms with van der Waals surface area (Å²) >= 11 is 9.11. The first-order valence-corrected chi connectivity index (χ1v) is 7.61. The first-order valence-electron chi connectivity index (χ1n) is 6.44. The number of benzene rings is 2. The van der Waals surface area contributed by atoms with Crippen LogP contribution in [0.15, 0.2) is 46.9 Å². The molecule has 0 spiro atoms. The van der Waals surface area contributed by atoms with Gasteiger partial charge in [0.25, 0.3) is 0 Å². The van der Waals surface area contributed by atoms with E-state index in [1.807, 2.05) is 43.4 Å². The molecule has 0 aliphatic carbocycles. The second-order valence-corrected chi connectivity index (χ2v) is 6.06. The molecule has 0 fully saturated rings. The van der Waals surface area contributed by atoms with Crippen molar-refractivity contribution < 1.29 is 4.39 Å². The molecular formula is C16H16BrClFN. The molecule has 1 N–H and O–H groups in total. The van der Waals surface area contributed by atoms with Gasteiger partial charge in [-0.15, -0.1) is 0 Å². The SMILES string of the molecule is CNC(Cc1ccc(Cl)cc1)Cc1ccc(F)c(Br)c1. The van der Waals surface area contributed by atoms with Crippen molar-refractivity contribution in [1.82, 2.24) is 5.32 Å². The first kappa shape index (κ1) is 15.5. The van der Waals surface area contributed by atoms with Gasteiger partial charge >= 0.3 is 0 Å². The number of rotatable bonds is 5. The van der Waals surface area contributed by atoms with Gasteiger partial charge in [-0.2, -0.15) is 0 Å². The number of halogens is 3. The molecular weight excluding hydrogens is 341 g/mol. The topological polar surface area (TPSA) is 12.0 Å². The molecule has 2 aromatic carbocycles. The molecule has 0 aliphatic rings. The molecule has 0 aliphatic heterocycles. The van der Waals surface area contributed by atoms with Gasteiger partial charge in [0.05, 0.1) is 4.47 Å². The highest BCUT2D eigenvalue weighted by molar-refractivity contribution is 9.10. The number of hydrogen-bond donors (Lipinski definition) is 1. The van der Waals surface area contributed by atoms with E-state index in [9.17, 15) is 4.39 Å². The zero-order chi connectivity index (χ0) is 14.5. The summed E-state index contributed by atoms with van der Waals surface area (Å²) in [5, 5.41) is 4.05. The minimum absolute atomic E-state index is 0.229. The Morgan fingerprint density at radius 2 is 1.70 bits per heavy atom. The van der Waals surface area contributed by atoms with Crippen LogP contribution >= 0.6 is 27.5 Å². The fourth-order valence-corrected chi connectivity index (χ4v) is 2.68. The Morgan fingerprint density at radius 1 is 1.10 bits per heavy atom. The maximum atomic E-state index is 13.2. The summed E-state index contributed by atoms with van der Waals surface area (Å²) in [6.45, 7) is 0. The summed E-state index contributed by atoms with van der Waals surface area (Å²) in [7, 11) is 1.94. The van der Waals surface area contributed by atoms with E-state index in [1.165, 1.54) is 11.6 Å². The maximum Gasteiger partial charge on any atom is 0.137 e. The van der Waals surface area contributed by atoms with Crippen molar-refractivity contribution in [2.45, 2.75) is 18.9 Å². The quantitative estimate of drug-likeness (QED) is 0.824. The highest BCUT2D eigenvalue weighted by Gasteiger charge is 2.10. The lowest BCUT2D eigenvalue weighted by Crippen LogP contribution is -2.29. The zero-order valence-electron chi connectivity index (χ0n) is 11.2. The predicted octanol–water partition coefficient (Wildman–Crippen LogP) is 4.61. The van der Waals surface area contributed by atoms with E-state index in [0.29, 0.717) is 10.5 Å². The van der Waals surface area contributed by atoms with E-state index in [1.54, 1.807) is 0 Å². The molecule has 1 unspecified atom stereocenters. The standard InChI is InChI=1S/C16H16BrClFN/c1-20-14(8-11-2-5-13(18)6-3-11)9-12-4-7-16(19)15(17)10-12/h2-7,10,14,20H,8-9H2,1H3. The third kappa shape index (κ3) is 4.30. The van der Waals surface area contributed by atoms with E-state index in [4.69, 9.17) is 11.6 Å². The fourth-order valence-electron chi connectivity index (χ4n) is 2.13. The summed E-state index contributed by atoms with van der Waals surface area (Å²) in [5.41, 5.74) is 2.33. The Bertz CT molecular complexity index is 571. The Hall–Kier alpha value is -0.900. The molecule has 0 aromatic heterocycles. The normalized spacial score (nSPS) is 12.4. The van der Waals surface area contributed by atoms with E-state index in [2.05, 4.69) is 21.2 Å². The predicted molar refractivity (Wildman–Crippen MR) is 85.8 cm³/mol. The van der Waals surface area contributed by atoms with Crippen molar-refractivity contribution in [3.05, 3.63) is 68.9 Å². The summed E-state index contributed by atoms with van der Waals surface area (Å²) in [5.74, 6) is -0.229. The van der Waals surface area contributed by atoms with Crippen LogP contribution in [0.25, 0.3) is 0 Å². The van der Waals surface area contributed by atoms with Crippen LogP contribution < -0.4 is 5.32 Å². The van der Waals surface area contributed by atoms with Gasteiger partial charge in [0.1, 0.15) is 5.82 Å². The van der Waals surface area contributed by atoms with Crippen molar-refractivity contribution >= 4 is 27.5 Å². The molecule has 20 heavy (non-hydrogen) atoms. The summed E-state index contributed by atoms with van der Waals surface area (Å²) < 4.78 is 13.7. The average molecular weight is 357 g/mol. The van der Waals surface area contributed by atoms with Crippen LogP contribution in [0.2, 0.25) is 5.02 Å². The Balaban J connectivity index is 2.04. The van der Waals surface area contributed by atoms with E-state index < -0.39 is 0 Å². The van der Waals surface area contributed by atoms with Gasteiger partial charge < -0.3 is 5.32 Å². The molecule has 0 bridgehead atoms. The lowest BCUT2D eigenvalue weighted by molar-refractivity contribution is 0.554. The van der Waals surface area contributed by atoms with Gasteiger partial charge in [-0.25, -0.2) is 4.39 Å². The Labute approximate surface area is 132 Å². The van der Waals surface area contributed by atoms with Gasteiger partial charge in [0, 0.05) is 11.1 Å². The molecule has 0 saturated heterocycles. The molecule has 4 heteroatoms. The number of hydrogen-bond acceptors (Lipinski definition) is 1. The molecule has 0 amide bonds. The smallest absolute Gasteiger partial charge is 0.137 e. The Kier molecular flexibility index (Phi) is 5.58. The van der Waals surface area contributed by atoms with Crippen molar-refractivity contribution in [2.24, 2.45) is 0 Å². The lowest BCUT2D eigenvalue weighted by atomic mass is 9.99. The van der Waals surface area contributed by atoms with Crippen LogP contribution in [0.3, 0.4) is 0 Å². The summed E-state index contributed by atoms with van der Waals surface area (Å²) in [6, 6.07) is 13.3. The van der Waals surface area contributed by atoms with E-state index >= 15 is 0 Å². The molecule has 1 nitrogen and oxygen atoms in total. The van der Waals surface area contributed by atoms with Crippen LogP contribution in [0.1, 0.15) is 11.1 Å². The number of nitrogens with one attached hydrogen (secondary N) is 1. The maximum absolute atomic E-state index is 13.2. The summed E-state index contributed by atoms with van der Waals surface area (Å²) in [4.78, 5) is 0. The average Bonchev–Trinajstić information content (AvgIpc) is 2.44. The van der Waals surface area contributed by atoms with Crippen molar-refractivity contribution in [3.8, 4) is 0 Å². The van der Waals surface area contributed by atoms with Crippen molar-refractivity contribution in [1.29, 1.82) is 0 Å². The Morgan fingerprint density at radius 3 is 2.30 bits per heavy atom. The third-order valence-corrected chi connectivity index (χ3v) is 4.13. The second-order valence-electron chi connectivity index (χ2n) is 4.77. The molecule has 106 valence electrons. The third-order valence-electron chi connectivity index (χ3n) is 3.27. The van der Waals surface area contributed by atoms with Gasteiger partial charge in [-0.1, -0.05) is 29.8 Å². The van der Waals surface area contributed by atoms with Crippen LogP contribution in [0.5, 0.6) is 0 Å². The van der Waals surface area contributed by atoms with Gasteiger partial charge in [0.2, 0.25) is 0 Å². The van der Waals surface area contributed by atoms with Gasteiger partial charge in [-0.3, -0.25) is 0 Å².